The Morgan fingerprint density at radius 1 is 1.44 bits per heavy atom. The van der Waals surface area contributed by atoms with Crippen LogP contribution < -0.4 is 5.73 Å². The summed E-state index contributed by atoms with van der Waals surface area (Å²) in [6.45, 7) is 7.36. The Morgan fingerprint density at radius 2 is 2.19 bits per heavy atom. The molecule has 2 N–H and O–H groups in total. The predicted octanol–water partition coefficient (Wildman–Crippen LogP) is 2.77. The van der Waals surface area contributed by atoms with Crippen molar-refractivity contribution in [3.8, 4) is 0 Å². The van der Waals surface area contributed by atoms with E-state index in [1.807, 2.05) is 0 Å². The van der Waals surface area contributed by atoms with Crippen molar-refractivity contribution in [2.45, 2.75) is 52.5 Å². The summed E-state index contributed by atoms with van der Waals surface area (Å²) in [7, 11) is 0. The highest BCUT2D eigenvalue weighted by atomic mass is 15.3. The minimum Gasteiger partial charge on any atom is -0.330 e. The van der Waals surface area contributed by atoms with Crippen LogP contribution in [0, 0.1) is 5.92 Å². The summed E-state index contributed by atoms with van der Waals surface area (Å²) in [5.41, 5.74) is 6.95. The second-order valence-corrected chi connectivity index (χ2v) is 4.64. The number of aromatic nitrogens is 2. The summed E-state index contributed by atoms with van der Waals surface area (Å²) in [4.78, 5) is 0. The maximum atomic E-state index is 5.76. The van der Waals surface area contributed by atoms with Crippen molar-refractivity contribution in [3.05, 3.63) is 18.0 Å². The lowest BCUT2D eigenvalue weighted by molar-refractivity contribution is 0.453. The number of nitrogens with zero attached hydrogens (tertiary/aromatic N) is 2. The van der Waals surface area contributed by atoms with Gasteiger partial charge in [0.1, 0.15) is 0 Å². The maximum Gasteiger partial charge on any atom is 0.0627 e. The minimum absolute atomic E-state index is 0.497. The van der Waals surface area contributed by atoms with Crippen molar-refractivity contribution in [1.82, 2.24) is 9.78 Å². The highest BCUT2D eigenvalue weighted by molar-refractivity contribution is 5.01. The fourth-order valence-corrected chi connectivity index (χ4v) is 1.93. The third-order valence-electron chi connectivity index (χ3n) is 3.23. The van der Waals surface area contributed by atoms with Crippen molar-refractivity contribution < 1.29 is 0 Å². The van der Waals surface area contributed by atoms with E-state index in [-0.39, 0.29) is 0 Å². The van der Waals surface area contributed by atoms with Crippen LogP contribution in [0.1, 0.15) is 51.8 Å². The first-order chi connectivity index (χ1) is 7.71. The average Bonchev–Trinajstić information content (AvgIpc) is 2.76. The zero-order valence-electron chi connectivity index (χ0n) is 10.8. The van der Waals surface area contributed by atoms with Crippen molar-refractivity contribution in [2.75, 3.05) is 6.54 Å². The molecule has 0 amide bonds. The van der Waals surface area contributed by atoms with Crippen LogP contribution in [0.3, 0.4) is 0 Å². The van der Waals surface area contributed by atoms with Crippen LogP contribution >= 0.6 is 0 Å². The molecular formula is C13H25N3. The van der Waals surface area contributed by atoms with Crippen LogP contribution in [0.5, 0.6) is 0 Å². The second-order valence-electron chi connectivity index (χ2n) is 4.64. The summed E-state index contributed by atoms with van der Waals surface area (Å²) >= 11 is 0. The van der Waals surface area contributed by atoms with Crippen molar-refractivity contribution >= 4 is 0 Å². The molecule has 1 rings (SSSR count). The molecule has 0 aliphatic heterocycles. The molecule has 0 aromatic carbocycles. The van der Waals surface area contributed by atoms with E-state index in [0.29, 0.717) is 12.0 Å². The Balaban J connectivity index is 2.56. The van der Waals surface area contributed by atoms with E-state index in [1.54, 1.807) is 0 Å². The molecule has 0 fully saturated rings. The smallest absolute Gasteiger partial charge is 0.0627 e. The molecule has 2 unspecified atom stereocenters. The van der Waals surface area contributed by atoms with Gasteiger partial charge < -0.3 is 5.73 Å². The normalized spacial score (nSPS) is 15.0. The molecular weight excluding hydrogens is 198 g/mol. The molecule has 2 atom stereocenters. The summed E-state index contributed by atoms with van der Waals surface area (Å²) in [5, 5.41) is 4.61. The van der Waals surface area contributed by atoms with Gasteiger partial charge in [-0.3, -0.25) is 4.68 Å². The molecule has 92 valence electrons. The molecule has 0 spiro atoms. The largest absolute Gasteiger partial charge is 0.330 e. The lowest BCUT2D eigenvalue weighted by atomic mass is 9.98. The van der Waals surface area contributed by atoms with Gasteiger partial charge in [0.05, 0.1) is 5.69 Å². The van der Waals surface area contributed by atoms with Crippen molar-refractivity contribution in [2.24, 2.45) is 11.7 Å². The van der Waals surface area contributed by atoms with E-state index in [9.17, 15) is 0 Å². The van der Waals surface area contributed by atoms with E-state index in [0.717, 1.165) is 19.4 Å². The van der Waals surface area contributed by atoms with E-state index in [1.165, 1.54) is 18.5 Å². The van der Waals surface area contributed by atoms with E-state index >= 15 is 0 Å². The summed E-state index contributed by atoms with van der Waals surface area (Å²) in [6, 6.07) is 2.63. The van der Waals surface area contributed by atoms with E-state index in [4.69, 9.17) is 5.73 Å². The first-order valence-corrected chi connectivity index (χ1v) is 6.45. The van der Waals surface area contributed by atoms with Crippen LogP contribution in [0.25, 0.3) is 0 Å². The Hall–Kier alpha value is -0.830. The van der Waals surface area contributed by atoms with Gasteiger partial charge in [0.15, 0.2) is 0 Å². The fourth-order valence-electron chi connectivity index (χ4n) is 1.93. The Bertz CT molecular complexity index is 293. The van der Waals surface area contributed by atoms with Crippen molar-refractivity contribution in [1.29, 1.82) is 0 Å². The molecule has 3 heteroatoms. The molecule has 3 nitrogen and oxygen atoms in total. The van der Waals surface area contributed by atoms with Gasteiger partial charge in [0.2, 0.25) is 0 Å². The maximum absolute atomic E-state index is 5.76. The van der Waals surface area contributed by atoms with Crippen LogP contribution in [0.4, 0.5) is 0 Å². The summed E-state index contributed by atoms with van der Waals surface area (Å²) < 4.78 is 2.06. The summed E-state index contributed by atoms with van der Waals surface area (Å²) in [5.74, 6) is 0.588. The Kier molecular flexibility index (Phi) is 5.53. The SMILES string of the molecule is CCCC(CN)Cc1ccn(C(C)CC)n1. The average molecular weight is 223 g/mol. The molecule has 1 aromatic rings. The Morgan fingerprint density at radius 3 is 2.75 bits per heavy atom. The van der Waals surface area contributed by atoms with Gasteiger partial charge in [-0.15, -0.1) is 0 Å². The van der Waals surface area contributed by atoms with Gasteiger partial charge >= 0.3 is 0 Å². The van der Waals surface area contributed by atoms with Gasteiger partial charge in [0.25, 0.3) is 0 Å². The molecule has 0 saturated carbocycles. The molecule has 1 heterocycles. The number of hydrogen-bond acceptors (Lipinski definition) is 2. The lowest BCUT2D eigenvalue weighted by Crippen LogP contribution is -2.17. The molecule has 0 radical (unpaired) electrons. The highest BCUT2D eigenvalue weighted by Gasteiger charge is 2.10. The predicted molar refractivity (Wildman–Crippen MR) is 68.4 cm³/mol. The molecule has 0 bridgehead atoms. The van der Waals surface area contributed by atoms with Gasteiger partial charge in [-0.2, -0.15) is 5.10 Å². The van der Waals surface area contributed by atoms with E-state index < -0.39 is 0 Å². The molecule has 1 aromatic heterocycles. The van der Waals surface area contributed by atoms with Crippen LogP contribution in [0.15, 0.2) is 12.3 Å². The van der Waals surface area contributed by atoms with Crippen LogP contribution in [0.2, 0.25) is 0 Å². The highest BCUT2D eigenvalue weighted by Crippen LogP contribution is 2.14. The summed E-state index contributed by atoms with van der Waals surface area (Å²) in [6.07, 6.45) is 6.63. The fraction of sp³-hybridized carbons (Fsp3) is 0.769. The Labute approximate surface area is 99.0 Å². The molecule has 16 heavy (non-hydrogen) atoms. The number of nitrogens with two attached hydrogens (primary N) is 1. The van der Waals surface area contributed by atoms with Crippen molar-refractivity contribution in [3.63, 3.8) is 0 Å². The zero-order valence-corrected chi connectivity index (χ0v) is 10.8. The van der Waals surface area contributed by atoms with Gasteiger partial charge in [-0.25, -0.2) is 0 Å². The number of hydrogen-bond donors (Lipinski definition) is 1. The molecule has 0 saturated heterocycles. The molecule has 0 aliphatic carbocycles. The van der Waals surface area contributed by atoms with Crippen LogP contribution in [-0.2, 0) is 6.42 Å². The van der Waals surface area contributed by atoms with Crippen LogP contribution in [-0.4, -0.2) is 16.3 Å². The van der Waals surface area contributed by atoms with E-state index in [2.05, 4.69) is 42.8 Å². The minimum atomic E-state index is 0.497. The lowest BCUT2D eigenvalue weighted by Gasteiger charge is -2.12. The topological polar surface area (TPSA) is 43.8 Å². The van der Waals surface area contributed by atoms with Gasteiger partial charge in [0, 0.05) is 12.2 Å². The molecule has 0 aliphatic rings. The zero-order chi connectivity index (χ0) is 12.0. The third-order valence-corrected chi connectivity index (χ3v) is 3.23. The monoisotopic (exact) mass is 223 g/mol. The first-order valence-electron chi connectivity index (χ1n) is 6.45. The second kappa shape index (κ2) is 6.69. The number of rotatable bonds is 7. The third kappa shape index (κ3) is 3.63. The standard InChI is InChI=1S/C13H25N3/c1-4-6-12(10-14)9-13-7-8-16(15-13)11(3)5-2/h7-8,11-12H,4-6,9-10,14H2,1-3H3. The quantitative estimate of drug-likeness (QED) is 0.772. The first kappa shape index (κ1) is 13.2. The van der Waals surface area contributed by atoms with Gasteiger partial charge in [-0.1, -0.05) is 20.3 Å². The van der Waals surface area contributed by atoms with Gasteiger partial charge in [-0.05, 0) is 44.7 Å².